The van der Waals surface area contributed by atoms with Gasteiger partial charge in [-0.25, -0.2) is 17.8 Å². The second kappa shape index (κ2) is 4.97. The van der Waals surface area contributed by atoms with E-state index in [0.29, 0.717) is 11.3 Å². The topological polar surface area (TPSA) is 59.1 Å². The molecule has 0 spiro atoms. The minimum atomic E-state index is -3.97. The maximum Gasteiger partial charge on any atom is 0.265 e. The molecule has 4 nitrogen and oxygen atoms in total. The van der Waals surface area contributed by atoms with E-state index in [1.165, 1.54) is 18.2 Å². The second-order valence-corrected chi connectivity index (χ2v) is 5.85. The van der Waals surface area contributed by atoms with E-state index in [0.717, 1.165) is 6.07 Å². The maximum atomic E-state index is 13.6. The molecular weight excluding hydrogens is 267 g/mol. The number of pyridine rings is 1. The Bertz CT molecular complexity index is 714. The largest absolute Gasteiger partial charge is 0.265 e. The third-order valence-corrected chi connectivity index (χ3v) is 3.87. The molecular formula is C13H13FN2O2S. The fraction of sp³-hybridized carbons (Fsp3) is 0.154. The number of nitrogens with one attached hydrogen (secondary N) is 1. The molecule has 2 aromatic rings. The quantitative estimate of drug-likeness (QED) is 0.940. The predicted octanol–water partition coefficient (Wildman–Crippen LogP) is 2.64. The lowest BCUT2D eigenvalue weighted by atomic mass is 10.2. The molecule has 0 saturated carbocycles. The van der Waals surface area contributed by atoms with E-state index < -0.39 is 15.8 Å². The molecule has 1 heterocycles. The van der Waals surface area contributed by atoms with E-state index in [4.69, 9.17) is 0 Å². The van der Waals surface area contributed by atoms with Gasteiger partial charge in [-0.1, -0.05) is 12.1 Å². The number of aryl methyl sites for hydroxylation is 2. The van der Waals surface area contributed by atoms with Crippen LogP contribution in [0, 0.1) is 19.7 Å². The number of nitrogens with zero attached hydrogens (tertiary/aromatic N) is 1. The van der Waals surface area contributed by atoms with Crippen molar-refractivity contribution in [2.75, 3.05) is 4.72 Å². The number of hydrogen-bond acceptors (Lipinski definition) is 3. The van der Waals surface area contributed by atoms with Crippen molar-refractivity contribution in [2.45, 2.75) is 18.7 Å². The SMILES string of the molecule is Cc1ccc(F)c(S(=O)(=O)Nc2cccc(C)n2)c1. The van der Waals surface area contributed by atoms with Gasteiger partial charge in [0.2, 0.25) is 0 Å². The van der Waals surface area contributed by atoms with E-state index in [2.05, 4.69) is 9.71 Å². The first-order chi connectivity index (χ1) is 8.88. The second-order valence-electron chi connectivity index (χ2n) is 4.20. The number of aromatic nitrogens is 1. The number of rotatable bonds is 3. The molecule has 0 aliphatic heterocycles. The average Bonchev–Trinajstić information content (AvgIpc) is 2.31. The van der Waals surface area contributed by atoms with E-state index in [-0.39, 0.29) is 10.7 Å². The highest BCUT2D eigenvalue weighted by molar-refractivity contribution is 7.92. The van der Waals surface area contributed by atoms with Crippen LogP contribution < -0.4 is 4.72 Å². The molecule has 0 unspecified atom stereocenters. The van der Waals surface area contributed by atoms with Crippen molar-refractivity contribution in [3.05, 3.63) is 53.5 Å². The lowest BCUT2D eigenvalue weighted by Gasteiger charge is -2.09. The number of sulfonamides is 1. The Morgan fingerprint density at radius 3 is 2.58 bits per heavy atom. The van der Waals surface area contributed by atoms with Crippen LogP contribution in [0.4, 0.5) is 10.2 Å². The first-order valence-corrected chi connectivity index (χ1v) is 7.09. The van der Waals surface area contributed by atoms with Gasteiger partial charge in [-0.3, -0.25) is 4.72 Å². The monoisotopic (exact) mass is 280 g/mol. The van der Waals surface area contributed by atoms with Crippen molar-refractivity contribution in [3.63, 3.8) is 0 Å². The van der Waals surface area contributed by atoms with Gasteiger partial charge in [-0.2, -0.15) is 0 Å². The maximum absolute atomic E-state index is 13.6. The van der Waals surface area contributed by atoms with Crippen LogP contribution in [0.15, 0.2) is 41.3 Å². The van der Waals surface area contributed by atoms with Crippen LogP contribution in [0.25, 0.3) is 0 Å². The highest BCUT2D eigenvalue weighted by Gasteiger charge is 2.19. The van der Waals surface area contributed by atoms with E-state index >= 15 is 0 Å². The summed E-state index contributed by atoms with van der Waals surface area (Å²) in [6.45, 7) is 3.44. The van der Waals surface area contributed by atoms with Crippen LogP contribution in [-0.4, -0.2) is 13.4 Å². The smallest absolute Gasteiger partial charge is 0.263 e. The van der Waals surface area contributed by atoms with E-state index in [1.807, 2.05) is 0 Å². The highest BCUT2D eigenvalue weighted by atomic mass is 32.2. The summed E-state index contributed by atoms with van der Waals surface area (Å²) in [6.07, 6.45) is 0. The van der Waals surface area contributed by atoms with Crippen molar-refractivity contribution in [3.8, 4) is 0 Å². The Labute approximate surface area is 111 Å². The van der Waals surface area contributed by atoms with Gasteiger partial charge in [-0.05, 0) is 43.7 Å². The normalized spacial score (nSPS) is 11.3. The molecule has 2 rings (SSSR count). The Kier molecular flexibility index (Phi) is 3.53. The summed E-state index contributed by atoms with van der Waals surface area (Å²) in [7, 11) is -3.97. The molecule has 0 atom stereocenters. The molecule has 6 heteroatoms. The molecule has 0 saturated heterocycles. The lowest BCUT2D eigenvalue weighted by Crippen LogP contribution is -2.15. The number of halogens is 1. The molecule has 19 heavy (non-hydrogen) atoms. The van der Waals surface area contributed by atoms with Crippen molar-refractivity contribution in [1.82, 2.24) is 4.98 Å². The number of hydrogen-bond donors (Lipinski definition) is 1. The summed E-state index contributed by atoms with van der Waals surface area (Å²) in [4.78, 5) is 3.64. The number of benzene rings is 1. The summed E-state index contributed by atoms with van der Waals surface area (Å²) >= 11 is 0. The zero-order valence-corrected chi connectivity index (χ0v) is 11.3. The zero-order valence-electron chi connectivity index (χ0n) is 10.5. The first kappa shape index (κ1) is 13.5. The third kappa shape index (κ3) is 3.08. The van der Waals surface area contributed by atoms with Crippen LogP contribution in [0.3, 0.4) is 0 Å². The minimum Gasteiger partial charge on any atom is -0.263 e. The summed E-state index contributed by atoms with van der Waals surface area (Å²) in [5.41, 5.74) is 1.34. The van der Waals surface area contributed by atoms with Crippen LogP contribution >= 0.6 is 0 Å². The summed E-state index contributed by atoms with van der Waals surface area (Å²) < 4.78 is 40.1. The Hall–Kier alpha value is -1.95. The van der Waals surface area contributed by atoms with Crippen molar-refractivity contribution in [2.24, 2.45) is 0 Å². The molecule has 0 amide bonds. The third-order valence-electron chi connectivity index (χ3n) is 2.50. The lowest BCUT2D eigenvalue weighted by molar-refractivity contribution is 0.569. The molecule has 0 aliphatic rings. The van der Waals surface area contributed by atoms with Crippen molar-refractivity contribution >= 4 is 15.8 Å². The van der Waals surface area contributed by atoms with E-state index in [1.54, 1.807) is 26.0 Å². The van der Waals surface area contributed by atoms with Gasteiger partial charge in [0, 0.05) is 5.69 Å². The van der Waals surface area contributed by atoms with Crippen LogP contribution in [0.5, 0.6) is 0 Å². The van der Waals surface area contributed by atoms with E-state index in [9.17, 15) is 12.8 Å². The van der Waals surface area contributed by atoms with Gasteiger partial charge in [0.1, 0.15) is 16.5 Å². The molecule has 1 N–H and O–H groups in total. The molecule has 1 aromatic heterocycles. The van der Waals surface area contributed by atoms with Gasteiger partial charge >= 0.3 is 0 Å². The fourth-order valence-electron chi connectivity index (χ4n) is 1.61. The minimum absolute atomic E-state index is 0.168. The molecule has 0 aliphatic carbocycles. The van der Waals surface area contributed by atoms with Crippen molar-refractivity contribution < 1.29 is 12.8 Å². The summed E-state index contributed by atoms with van der Waals surface area (Å²) in [5.74, 6) is -0.619. The Balaban J connectivity index is 2.40. The van der Waals surface area contributed by atoms with Gasteiger partial charge in [0.25, 0.3) is 10.0 Å². The molecule has 0 radical (unpaired) electrons. The fourth-order valence-corrected chi connectivity index (χ4v) is 2.77. The van der Waals surface area contributed by atoms with Gasteiger partial charge in [0.15, 0.2) is 0 Å². The van der Waals surface area contributed by atoms with Gasteiger partial charge < -0.3 is 0 Å². The molecule has 0 fully saturated rings. The molecule has 100 valence electrons. The standard InChI is InChI=1S/C13H13FN2O2S/c1-9-6-7-11(14)12(8-9)19(17,18)16-13-5-3-4-10(2)15-13/h3-8H,1-2H3,(H,15,16). The van der Waals surface area contributed by atoms with Gasteiger partial charge in [-0.15, -0.1) is 0 Å². The van der Waals surface area contributed by atoms with Crippen LogP contribution in [0.2, 0.25) is 0 Å². The van der Waals surface area contributed by atoms with Crippen LogP contribution in [0.1, 0.15) is 11.3 Å². The Morgan fingerprint density at radius 1 is 1.16 bits per heavy atom. The van der Waals surface area contributed by atoms with Crippen LogP contribution in [-0.2, 0) is 10.0 Å². The summed E-state index contributed by atoms with van der Waals surface area (Å²) in [6, 6.07) is 8.86. The Morgan fingerprint density at radius 2 is 1.89 bits per heavy atom. The predicted molar refractivity (Wildman–Crippen MR) is 70.9 cm³/mol. The molecule has 0 bridgehead atoms. The zero-order chi connectivity index (χ0) is 14.0. The molecule has 1 aromatic carbocycles. The van der Waals surface area contributed by atoms with Gasteiger partial charge in [0.05, 0.1) is 0 Å². The number of anilines is 1. The van der Waals surface area contributed by atoms with Crippen molar-refractivity contribution in [1.29, 1.82) is 0 Å². The summed E-state index contributed by atoms with van der Waals surface area (Å²) in [5, 5.41) is 0. The highest BCUT2D eigenvalue weighted by Crippen LogP contribution is 2.19. The first-order valence-electron chi connectivity index (χ1n) is 5.61. The average molecular weight is 280 g/mol.